The first kappa shape index (κ1) is 17.8. The van der Waals surface area contributed by atoms with E-state index in [9.17, 15) is 18.0 Å². The third-order valence-corrected chi connectivity index (χ3v) is 4.55. The summed E-state index contributed by atoms with van der Waals surface area (Å²) in [7, 11) is 0. The van der Waals surface area contributed by atoms with Crippen molar-refractivity contribution in [2.24, 2.45) is 11.8 Å². The highest BCUT2D eigenvalue weighted by Crippen LogP contribution is 2.29. The number of alkyl halides is 3. The average Bonchev–Trinajstić information content (AvgIpc) is 2.68. The van der Waals surface area contributed by atoms with Gasteiger partial charge in [-0.2, -0.15) is 13.2 Å². The van der Waals surface area contributed by atoms with Gasteiger partial charge < -0.3 is 4.90 Å². The van der Waals surface area contributed by atoms with Crippen LogP contribution in [0.4, 0.5) is 13.2 Å². The molecule has 1 aromatic rings. The third kappa shape index (κ3) is 4.24. The lowest BCUT2D eigenvalue weighted by molar-refractivity contribution is -0.141. The topological polar surface area (TPSA) is 33.2 Å². The summed E-state index contributed by atoms with van der Waals surface area (Å²) in [4.78, 5) is 18.0. The first-order chi connectivity index (χ1) is 10.7. The predicted molar refractivity (Wildman–Crippen MR) is 81.9 cm³/mol. The molecule has 0 spiro atoms. The van der Waals surface area contributed by atoms with Crippen molar-refractivity contribution < 1.29 is 18.0 Å². The lowest BCUT2D eigenvalue weighted by Gasteiger charge is -2.33. The van der Waals surface area contributed by atoms with Gasteiger partial charge in [0.15, 0.2) is 0 Å². The third-order valence-electron chi connectivity index (χ3n) is 4.55. The van der Waals surface area contributed by atoms with Crippen LogP contribution in [0.15, 0.2) is 18.3 Å². The van der Waals surface area contributed by atoms with E-state index < -0.39 is 11.9 Å². The fourth-order valence-electron chi connectivity index (χ4n) is 3.08. The van der Waals surface area contributed by atoms with Crippen molar-refractivity contribution >= 4 is 5.91 Å². The molecule has 2 rings (SSSR count). The fourth-order valence-corrected chi connectivity index (χ4v) is 3.08. The van der Waals surface area contributed by atoms with Gasteiger partial charge in [0.05, 0.1) is 5.56 Å². The molecule has 1 fully saturated rings. The highest BCUT2D eigenvalue weighted by Gasteiger charge is 2.33. The Morgan fingerprint density at radius 3 is 2.48 bits per heavy atom. The molecule has 1 aliphatic heterocycles. The number of amides is 1. The molecule has 1 saturated heterocycles. The molecule has 1 aliphatic rings. The smallest absolute Gasteiger partial charge is 0.335 e. The van der Waals surface area contributed by atoms with Crippen LogP contribution in [-0.2, 0) is 6.18 Å². The van der Waals surface area contributed by atoms with Gasteiger partial charge in [0, 0.05) is 18.8 Å². The summed E-state index contributed by atoms with van der Waals surface area (Å²) in [6, 6.07) is 2.22. The number of hydrogen-bond acceptors (Lipinski definition) is 2. The zero-order valence-electron chi connectivity index (χ0n) is 13.7. The summed E-state index contributed by atoms with van der Waals surface area (Å²) < 4.78 is 37.7. The second-order valence-corrected chi connectivity index (χ2v) is 6.71. The maximum atomic E-state index is 12.7. The molecule has 0 bridgehead atoms. The van der Waals surface area contributed by atoms with Crippen molar-refractivity contribution in [3.05, 3.63) is 29.6 Å². The van der Waals surface area contributed by atoms with Gasteiger partial charge in [-0.15, -0.1) is 0 Å². The number of carbonyl (C=O) groups is 1. The molecule has 1 aromatic heterocycles. The summed E-state index contributed by atoms with van der Waals surface area (Å²) in [5.41, 5.74) is -0.753. The molecule has 3 nitrogen and oxygen atoms in total. The van der Waals surface area contributed by atoms with E-state index in [0.29, 0.717) is 18.4 Å². The number of aromatic nitrogens is 1. The lowest BCUT2D eigenvalue weighted by atomic mass is 9.95. The van der Waals surface area contributed by atoms with E-state index in [4.69, 9.17) is 0 Å². The Morgan fingerprint density at radius 1 is 1.26 bits per heavy atom. The Bertz CT molecular complexity index is 540. The number of halogens is 3. The van der Waals surface area contributed by atoms with Crippen molar-refractivity contribution in [1.29, 1.82) is 0 Å². The Morgan fingerprint density at radius 2 is 1.96 bits per heavy atom. The molecule has 0 N–H and O–H groups in total. The molecule has 2 unspecified atom stereocenters. The largest absolute Gasteiger partial charge is 0.433 e. The second kappa shape index (κ2) is 6.89. The van der Waals surface area contributed by atoms with E-state index in [0.717, 1.165) is 31.5 Å². The summed E-state index contributed by atoms with van der Waals surface area (Å²) in [5, 5.41) is 0. The van der Waals surface area contributed by atoms with Gasteiger partial charge in [0.1, 0.15) is 5.69 Å². The van der Waals surface area contributed by atoms with Crippen LogP contribution in [0.3, 0.4) is 0 Å². The molecule has 0 aliphatic carbocycles. The molecule has 128 valence electrons. The standard InChI is InChI=1S/C17H23F3N2O/c1-11(2)14-6-4-12(3)8-9-22(14)16(23)13-5-7-15(21-10-13)17(18,19)20/h5,7,10-12,14H,4,6,8-9H2,1-3H3. The first-order valence-corrected chi connectivity index (χ1v) is 8.04. The molecular formula is C17H23F3N2O. The van der Waals surface area contributed by atoms with Gasteiger partial charge in [-0.1, -0.05) is 20.8 Å². The lowest BCUT2D eigenvalue weighted by Crippen LogP contribution is -2.43. The van der Waals surface area contributed by atoms with Crippen molar-refractivity contribution in [2.45, 2.75) is 52.3 Å². The van der Waals surface area contributed by atoms with Crippen molar-refractivity contribution in [1.82, 2.24) is 9.88 Å². The molecular weight excluding hydrogens is 305 g/mol. The maximum absolute atomic E-state index is 12.7. The van der Waals surface area contributed by atoms with E-state index in [1.807, 2.05) is 4.90 Å². The summed E-state index contributed by atoms with van der Waals surface area (Å²) in [6.45, 7) is 6.97. The van der Waals surface area contributed by atoms with E-state index in [1.165, 1.54) is 6.07 Å². The summed E-state index contributed by atoms with van der Waals surface area (Å²) in [6.07, 6.45) is -0.531. The molecule has 2 heterocycles. The molecule has 0 saturated carbocycles. The molecule has 0 radical (unpaired) electrons. The second-order valence-electron chi connectivity index (χ2n) is 6.71. The highest BCUT2D eigenvalue weighted by atomic mass is 19.4. The minimum atomic E-state index is -4.49. The van der Waals surface area contributed by atoms with Crippen molar-refractivity contribution in [3.8, 4) is 0 Å². The minimum absolute atomic E-state index is 0.120. The Kier molecular flexibility index (Phi) is 5.32. The van der Waals surface area contributed by atoms with Crippen LogP contribution in [0.2, 0.25) is 0 Å². The van der Waals surface area contributed by atoms with Gasteiger partial charge in [-0.05, 0) is 43.2 Å². The Labute approximate surface area is 134 Å². The Balaban J connectivity index is 2.22. The highest BCUT2D eigenvalue weighted by molar-refractivity contribution is 5.94. The molecule has 1 amide bonds. The number of likely N-dealkylation sites (tertiary alicyclic amines) is 1. The van der Waals surface area contributed by atoms with Gasteiger partial charge in [0.2, 0.25) is 0 Å². The average molecular weight is 328 g/mol. The number of pyridine rings is 1. The van der Waals surface area contributed by atoms with Crippen molar-refractivity contribution in [2.75, 3.05) is 6.54 Å². The predicted octanol–water partition coefficient (Wildman–Crippen LogP) is 4.39. The van der Waals surface area contributed by atoms with Gasteiger partial charge in [-0.3, -0.25) is 9.78 Å². The van der Waals surface area contributed by atoms with Crippen LogP contribution in [0.25, 0.3) is 0 Å². The van der Waals surface area contributed by atoms with Gasteiger partial charge >= 0.3 is 6.18 Å². The van der Waals surface area contributed by atoms with E-state index >= 15 is 0 Å². The Hall–Kier alpha value is -1.59. The van der Waals surface area contributed by atoms with Gasteiger partial charge in [-0.25, -0.2) is 0 Å². The fraction of sp³-hybridized carbons (Fsp3) is 0.647. The van der Waals surface area contributed by atoms with Crippen molar-refractivity contribution in [3.63, 3.8) is 0 Å². The van der Waals surface area contributed by atoms with Crippen LogP contribution < -0.4 is 0 Å². The first-order valence-electron chi connectivity index (χ1n) is 8.04. The van der Waals surface area contributed by atoms with E-state index in [-0.39, 0.29) is 17.5 Å². The molecule has 6 heteroatoms. The number of carbonyl (C=O) groups excluding carboxylic acids is 1. The summed E-state index contributed by atoms with van der Waals surface area (Å²) in [5.74, 6) is 0.644. The van der Waals surface area contributed by atoms with Crippen LogP contribution >= 0.6 is 0 Å². The van der Waals surface area contributed by atoms with Crippen LogP contribution in [0.1, 0.15) is 56.1 Å². The van der Waals surface area contributed by atoms with E-state index in [2.05, 4.69) is 25.8 Å². The monoisotopic (exact) mass is 328 g/mol. The minimum Gasteiger partial charge on any atom is -0.335 e. The van der Waals surface area contributed by atoms with Crippen LogP contribution in [-0.4, -0.2) is 28.4 Å². The van der Waals surface area contributed by atoms with Crippen LogP contribution in [0.5, 0.6) is 0 Å². The molecule has 0 aromatic carbocycles. The SMILES string of the molecule is CC1CCC(C(C)C)N(C(=O)c2ccc(C(F)(F)F)nc2)CC1. The summed E-state index contributed by atoms with van der Waals surface area (Å²) >= 11 is 0. The van der Waals surface area contributed by atoms with Gasteiger partial charge in [0.25, 0.3) is 5.91 Å². The van der Waals surface area contributed by atoms with E-state index in [1.54, 1.807) is 0 Å². The zero-order chi connectivity index (χ0) is 17.2. The van der Waals surface area contributed by atoms with Crippen LogP contribution in [0, 0.1) is 11.8 Å². The molecule has 23 heavy (non-hydrogen) atoms. The number of rotatable bonds is 2. The number of nitrogens with zero attached hydrogens (tertiary/aromatic N) is 2. The number of hydrogen-bond donors (Lipinski definition) is 0. The normalized spacial score (nSPS) is 23.0. The molecule has 2 atom stereocenters. The quantitative estimate of drug-likeness (QED) is 0.807. The zero-order valence-corrected chi connectivity index (χ0v) is 13.7. The maximum Gasteiger partial charge on any atom is 0.433 e.